The topological polar surface area (TPSA) is 12.6 Å². The normalized spacial score (nSPS) is 12.3. The van der Waals surface area contributed by atoms with Gasteiger partial charge in [-0.05, 0) is 59.4 Å². The lowest BCUT2D eigenvalue weighted by Gasteiger charge is -2.16. The van der Waals surface area contributed by atoms with Gasteiger partial charge >= 0.3 is 0 Å². The second kappa shape index (κ2) is 5.95. The second-order valence-electron chi connectivity index (χ2n) is 9.14. The Morgan fingerprint density at radius 1 is 0.968 bits per heavy atom. The fourth-order valence-corrected chi connectivity index (χ4v) is 5.37. The number of pyridine rings is 2. The summed E-state index contributed by atoms with van der Waals surface area (Å²) in [7, 11) is 2.14. The maximum Gasteiger partial charge on any atom is 0.224 e. The molecular formula is C28H24N3+. The lowest BCUT2D eigenvalue weighted by Crippen LogP contribution is -2.29. The first-order valence-electron chi connectivity index (χ1n) is 10.8. The van der Waals surface area contributed by atoms with Crippen LogP contribution in [0.3, 0.4) is 0 Å². The van der Waals surface area contributed by atoms with Crippen LogP contribution in [0.25, 0.3) is 53.8 Å². The number of hydrogen-bond acceptors (Lipinski definition) is 0. The molecular weight excluding hydrogens is 378 g/mol. The number of fused-ring (bicyclic) bond motifs is 5. The standard InChI is InChI=1S/C28H24N3/c1-15(2)19-13-18-10-11-30(6)28-24-17(4)16(3)12-21-20-8-7-9-22(29-5)26(20)31(27(21)24)23(14-19)25(18)28/h7-15H,1-4,6H3/q+1. The van der Waals surface area contributed by atoms with E-state index in [9.17, 15) is 0 Å². The molecule has 3 heterocycles. The summed E-state index contributed by atoms with van der Waals surface area (Å²) in [5.41, 5.74) is 9.35. The molecule has 0 amide bonds. The third kappa shape index (κ3) is 2.15. The minimum absolute atomic E-state index is 0.428. The van der Waals surface area contributed by atoms with Crippen molar-refractivity contribution in [1.82, 2.24) is 4.40 Å². The Hall–Kier alpha value is -3.64. The van der Waals surface area contributed by atoms with Crippen LogP contribution in [0.1, 0.15) is 36.5 Å². The van der Waals surface area contributed by atoms with Crippen LogP contribution in [0.15, 0.2) is 48.7 Å². The van der Waals surface area contributed by atoms with E-state index in [4.69, 9.17) is 6.57 Å². The van der Waals surface area contributed by atoms with Gasteiger partial charge in [0.25, 0.3) is 0 Å². The monoisotopic (exact) mass is 402 g/mol. The number of benzene rings is 3. The molecule has 0 fully saturated rings. The zero-order chi connectivity index (χ0) is 21.6. The van der Waals surface area contributed by atoms with Gasteiger partial charge < -0.3 is 4.40 Å². The largest absolute Gasteiger partial charge is 0.317 e. The molecule has 0 bridgehead atoms. The van der Waals surface area contributed by atoms with Crippen LogP contribution in [0, 0.1) is 20.4 Å². The lowest BCUT2D eigenvalue weighted by molar-refractivity contribution is -0.643. The SMILES string of the molecule is [C-]#[N+]c1cccc2c3cc(C)c(C)c4c3n(c3cc(C(C)C)cc5cc[n+](C)c4c53)c12. The Labute approximate surface area is 181 Å². The van der Waals surface area contributed by atoms with Crippen LogP contribution in [-0.4, -0.2) is 4.40 Å². The average molecular weight is 403 g/mol. The summed E-state index contributed by atoms with van der Waals surface area (Å²) < 4.78 is 4.64. The van der Waals surface area contributed by atoms with E-state index in [1.165, 1.54) is 54.8 Å². The first kappa shape index (κ1) is 18.2. The minimum atomic E-state index is 0.428. The maximum absolute atomic E-state index is 7.87. The molecule has 0 spiro atoms. The van der Waals surface area contributed by atoms with Crippen molar-refractivity contribution in [3.05, 3.63) is 76.8 Å². The summed E-state index contributed by atoms with van der Waals surface area (Å²) in [5, 5.41) is 6.22. The Kier molecular flexibility index (Phi) is 3.49. The van der Waals surface area contributed by atoms with Crippen LogP contribution < -0.4 is 4.57 Å². The van der Waals surface area contributed by atoms with E-state index in [2.05, 4.69) is 85.1 Å². The molecule has 6 rings (SSSR count). The number of aryl methyl sites for hydroxylation is 3. The molecule has 0 radical (unpaired) electrons. The zero-order valence-corrected chi connectivity index (χ0v) is 18.5. The Bertz CT molecular complexity index is 1740. The van der Waals surface area contributed by atoms with Gasteiger partial charge in [0.05, 0.1) is 33.9 Å². The van der Waals surface area contributed by atoms with Crippen molar-refractivity contribution in [2.45, 2.75) is 33.6 Å². The summed E-state index contributed by atoms with van der Waals surface area (Å²) >= 11 is 0. The fraction of sp³-hybridized carbons (Fsp3) is 0.214. The van der Waals surface area contributed by atoms with Crippen molar-refractivity contribution < 1.29 is 4.57 Å². The average Bonchev–Trinajstić information content (AvgIpc) is 3.09. The van der Waals surface area contributed by atoms with Crippen molar-refractivity contribution in [1.29, 1.82) is 0 Å². The van der Waals surface area contributed by atoms with Gasteiger partial charge in [-0.2, -0.15) is 0 Å². The number of hydrogen-bond donors (Lipinski definition) is 0. The van der Waals surface area contributed by atoms with E-state index < -0.39 is 0 Å². The highest BCUT2D eigenvalue weighted by molar-refractivity contribution is 6.27. The van der Waals surface area contributed by atoms with E-state index >= 15 is 0 Å². The van der Waals surface area contributed by atoms with Gasteiger partial charge in [-0.15, -0.1) is 0 Å². The molecule has 3 heteroatoms. The molecule has 0 atom stereocenters. The molecule has 150 valence electrons. The van der Waals surface area contributed by atoms with Crippen molar-refractivity contribution in [3.8, 4) is 0 Å². The third-order valence-corrected chi connectivity index (χ3v) is 7.07. The lowest BCUT2D eigenvalue weighted by atomic mass is 9.94. The maximum atomic E-state index is 7.87. The highest BCUT2D eigenvalue weighted by Gasteiger charge is 2.26. The van der Waals surface area contributed by atoms with Gasteiger partial charge in [0, 0.05) is 11.5 Å². The van der Waals surface area contributed by atoms with Gasteiger partial charge in [0.15, 0.2) is 6.20 Å². The molecule has 0 aliphatic rings. The van der Waals surface area contributed by atoms with E-state index in [1.807, 2.05) is 12.1 Å². The summed E-state index contributed by atoms with van der Waals surface area (Å²) in [6.07, 6.45) is 2.18. The van der Waals surface area contributed by atoms with Gasteiger partial charge in [-0.1, -0.05) is 38.1 Å². The fourth-order valence-electron chi connectivity index (χ4n) is 5.37. The highest BCUT2D eigenvalue weighted by Crippen LogP contribution is 2.44. The molecule has 0 aliphatic heterocycles. The number of rotatable bonds is 1. The quantitative estimate of drug-likeness (QED) is 0.120. The summed E-state index contributed by atoms with van der Waals surface area (Å²) in [5.74, 6) is 0.428. The Morgan fingerprint density at radius 2 is 1.77 bits per heavy atom. The predicted octanol–water partition coefficient (Wildman–Crippen LogP) is 7.11. The van der Waals surface area contributed by atoms with Crippen LogP contribution in [0.5, 0.6) is 0 Å². The minimum Gasteiger partial charge on any atom is -0.317 e. The van der Waals surface area contributed by atoms with E-state index in [0.29, 0.717) is 11.6 Å². The van der Waals surface area contributed by atoms with Crippen LogP contribution in [0.4, 0.5) is 5.69 Å². The second-order valence-corrected chi connectivity index (χ2v) is 9.14. The van der Waals surface area contributed by atoms with E-state index in [0.717, 1.165) is 10.9 Å². The van der Waals surface area contributed by atoms with E-state index in [-0.39, 0.29) is 0 Å². The molecule has 0 saturated heterocycles. The van der Waals surface area contributed by atoms with Crippen molar-refractivity contribution in [2.24, 2.45) is 7.05 Å². The van der Waals surface area contributed by atoms with Gasteiger partial charge in [-0.3, -0.25) is 0 Å². The Balaban J connectivity index is 2.12. The van der Waals surface area contributed by atoms with Gasteiger partial charge in [0.1, 0.15) is 7.05 Å². The summed E-state index contributed by atoms with van der Waals surface area (Å²) in [6, 6.07) is 15.3. The number of aromatic nitrogens is 2. The zero-order valence-electron chi connectivity index (χ0n) is 18.5. The molecule has 0 unspecified atom stereocenters. The predicted molar refractivity (Wildman–Crippen MR) is 130 cm³/mol. The molecule has 31 heavy (non-hydrogen) atoms. The molecule has 0 saturated carbocycles. The smallest absolute Gasteiger partial charge is 0.224 e. The van der Waals surface area contributed by atoms with Crippen LogP contribution in [0.2, 0.25) is 0 Å². The molecule has 3 aromatic carbocycles. The van der Waals surface area contributed by atoms with E-state index in [1.54, 1.807) is 0 Å². The summed E-state index contributed by atoms with van der Waals surface area (Å²) in [6.45, 7) is 16.8. The first-order chi connectivity index (χ1) is 14.9. The van der Waals surface area contributed by atoms with Crippen molar-refractivity contribution >= 4 is 54.7 Å². The van der Waals surface area contributed by atoms with Gasteiger partial charge in [-0.25, -0.2) is 9.41 Å². The summed E-state index contributed by atoms with van der Waals surface area (Å²) in [4.78, 5) is 3.92. The van der Waals surface area contributed by atoms with Crippen LogP contribution >= 0.6 is 0 Å². The molecule has 6 aromatic rings. The number of para-hydroxylation sites is 1. The molecule has 0 aliphatic carbocycles. The molecule has 0 N–H and O–H groups in total. The van der Waals surface area contributed by atoms with Gasteiger partial charge in [0.2, 0.25) is 11.2 Å². The molecule has 3 aromatic heterocycles. The molecule has 3 nitrogen and oxygen atoms in total. The highest BCUT2D eigenvalue weighted by atomic mass is 15.0. The van der Waals surface area contributed by atoms with Crippen molar-refractivity contribution in [2.75, 3.05) is 0 Å². The van der Waals surface area contributed by atoms with Crippen LogP contribution in [-0.2, 0) is 7.05 Å². The number of nitrogens with zero attached hydrogens (tertiary/aromatic N) is 3. The van der Waals surface area contributed by atoms with Crippen molar-refractivity contribution in [3.63, 3.8) is 0 Å². The Morgan fingerprint density at radius 3 is 2.52 bits per heavy atom. The third-order valence-electron chi connectivity index (χ3n) is 7.07. The first-order valence-corrected chi connectivity index (χ1v) is 10.8.